The first-order valence-corrected chi connectivity index (χ1v) is 4.75. The van der Waals surface area contributed by atoms with Crippen molar-refractivity contribution in [1.82, 2.24) is 5.32 Å². The summed E-state index contributed by atoms with van der Waals surface area (Å²) >= 11 is 0. The van der Waals surface area contributed by atoms with Crippen LogP contribution in [0.1, 0.15) is 11.1 Å². The molecule has 1 atom stereocenters. The second kappa shape index (κ2) is 5.73. The van der Waals surface area contributed by atoms with Crippen molar-refractivity contribution in [2.45, 2.75) is 12.5 Å². The van der Waals surface area contributed by atoms with Gasteiger partial charge >= 0.3 is 6.09 Å². The molecule has 0 spiro atoms. The lowest BCUT2D eigenvalue weighted by Crippen LogP contribution is -2.38. The van der Waals surface area contributed by atoms with Gasteiger partial charge in [-0.2, -0.15) is 5.26 Å². The zero-order valence-electron chi connectivity index (χ0n) is 8.55. The maximum atomic E-state index is 10.4. The molecule has 16 heavy (non-hydrogen) atoms. The summed E-state index contributed by atoms with van der Waals surface area (Å²) in [5, 5.41) is 28.4. The molecule has 1 rings (SSSR count). The van der Waals surface area contributed by atoms with E-state index >= 15 is 0 Å². The molecule has 1 unspecified atom stereocenters. The Hall–Kier alpha value is -2.06. The predicted octanol–water partition coefficient (Wildman–Crippen LogP) is 0.729. The van der Waals surface area contributed by atoms with E-state index in [0.29, 0.717) is 12.0 Å². The summed E-state index contributed by atoms with van der Waals surface area (Å²) in [4.78, 5) is 10.4. The fourth-order valence-electron chi connectivity index (χ4n) is 1.39. The van der Waals surface area contributed by atoms with Crippen molar-refractivity contribution in [1.29, 1.82) is 5.26 Å². The molecule has 0 aromatic heterocycles. The van der Waals surface area contributed by atoms with Gasteiger partial charge in [0.2, 0.25) is 0 Å². The zero-order chi connectivity index (χ0) is 12.0. The van der Waals surface area contributed by atoms with E-state index in [1.54, 1.807) is 24.3 Å². The van der Waals surface area contributed by atoms with Crippen molar-refractivity contribution < 1.29 is 15.0 Å². The van der Waals surface area contributed by atoms with Crippen LogP contribution in [0.4, 0.5) is 4.79 Å². The van der Waals surface area contributed by atoms with Crippen LogP contribution in [0.2, 0.25) is 0 Å². The van der Waals surface area contributed by atoms with Crippen molar-refractivity contribution in [3.05, 3.63) is 35.4 Å². The molecule has 0 aliphatic carbocycles. The van der Waals surface area contributed by atoms with Crippen molar-refractivity contribution in [3.63, 3.8) is 0 Å². The average molecular weight is 220 g/mol. The van der Waals surface area contributed by atoms with Crippen LogP contribution in [0.5, 0.6) is 0 Å². The molecule has 0 aliphatic heterocycles. The topological polar surface area (TPSA) is 93.4 Å². The normalized spacial score (nSPS) is 11.5. The summed E-state index contributed by atoms with van der Waals surface area (Å²) in [5.74, 6) is 0. The average Bonchev–Trinajstić information content (AvgIpc) is 2.28. The Morgan fingerprint density at radius 3 is 2.88 bits per heavy atom. The lowest BCUT2D eigenvalue weighted by Gasteiger charge is -2.13. The van der Waals surface area contributed by atoms with E-state index < -0.39 is 12.1 Å². The Kier molecular flexibility index (Phi) is 4.30. The van der Waals surface area contributed by atoms with E-state index in [4.69, 9.17) is 15.5 Å². The number of hydrogen-bond donors (Lipinski definition) is 3. The van der Waals surface area contributed by atoms with Crippen molar-refractivity contribution in [2.24, 2.45) is 0 Å². The van der Waals surface area contributed by atoms with Gasteiger partial charge < -0.3 is 15.5 Å². The number of nitriles is 1. The lowest BCUT2D eigenvalue weighted by atomic mass is 10.0. The number of nitrogens with one attached hydrogen (secondary N) is 1. The number of amides is 1. The molecule has 0 saturated heterocycles. The third-order valence-electron chi connectivity index (χ3n) is 2.09. The molecule has 0 radical (unpaired) electrons. The molecule has 0 heterocycles. The van der Waals surface area contributed by atoms with E-state index in [-0.39, 0.29) is 6.61 Å². The standard InChI is InChI=1S/C11H12N2O3/c12-6-9-3-1-2-8(4-9)5-10(7-14)13-11(15)16/h1-4,10,13-14H,5,7H2,(H,15,16). The highest BCUT2D eigenvalue weighted by molar-refractivity contribution is 5.64. The van der Waals surface area contributed by atoms with Gasteiger partial charge in [0.05, 0.1) is 24.3 Å². The molecule has 1 aromatic rings. The highest BCUT2D eigenvalue weighted by Crippen LogP contribution is 2.07. The summed E-state index contributed by atoms with van der Waals surface area (Å²) in [6.07, 6.45) is -0.811. The third-order valence-corrected chi connectivity index (χ3v) is 2.09. The van der Waals surface area contributed by atoms with Gasteiger partial charge in [0, 0.05) is 0 Å². The first-order valence-electron chi connectivity index (χ1n) is 4.75. The molecule has 0 fully saturated rings. The van der Waals surface area contributed by atoms with Crippen LogP contribution in [-0.4, -0.2) is 29.0 Å². The second-order valence-corrected chi connectivity index (χ2v) is 3.35. The van der Waals surface area contributed by atoms with Gasteiger partial charge in [0.15, 0.2) is 0 Å². The van der Waals surface area contributed by atoms with Crippen LogP contribution in [0.25, 0.3) is 0 Å². The predicted molar refractivity (Wildman–Crippen MR) is 56.9 cm³/mol. The summed E-state index contributed by atoms with van der Waals surface area (Å²) in [7, 11) is 0. The Morgan fingerprint density at radius 2 is 2.31 bits per heavy atom. The Labute approximate surface area is 92.9 Å². The van der Waals surface area contributed by atoms with E-state index in [1.807, 2.05) is 6.07 Å². The van der Waals surface area contributed by atoms with Crippen LogP contribution < -0.4 is 5.32 Å². The Balaban J connectivity index is 2.70. The molecule has 1 amide bonds. The smallest absolute Gasteiger partial charge is 0.404 e. The summed E-state index contributed by atoms with van der Waals surface area (Å²) in [6.45, 7) is -0.275. The number of hydrogen-bond acceptors (Lipinski definition) is 3. The summed E-state index contributed by atoms with van der Waals surface area (Å²) in [6, 6.07) is 8.30. The largest absolute Gasteiger partial charge is 0.465 e. The van der Waals surface area contributed by atoms with Crippen LogP contribution in [0, 0.1) is 11.3 Å². The first-order chi connectivity index (χ1) is 7.65. The molecule has 0 saturated carbocycles. The minimum absolute atomic E-state index is 0.275. The van der Waals surface area contributed by atoms with Crippen molar-refractivity contribution in [3.8, 4) is 6.07 Å². The van der Waals surface area contributed by atoms with Gasteiger partial charge in [-0.15, -0.1) is 0 Å². The summed E-state index contributed by atoms with van der Waals surface area (Å²) in [5.41, 5.74) is 1.33. The molecule has 5 heteroatoms. The SMILES string of the molecule is N#Cc1cccc(CC(CO)NC(=O)O)c1. The Bertz CT molecular complexity index is 412. The maximum Gasteiger partial charge on any atom is 0.404 e. The molecule has 1 aromatic carbocycles. The van der Waals surface area contributed by atoms with Crippen LogP contribution in [0.15, 0.2) is 24.3 Å². The second-order valence-electron chi connectivity index (χ2n) is 3.35. The van der Waals surface area contributed by atoms with Gasteiger partial charge in [-0.25, -0.2) is 4.79 Å². The minimum Gasteiger partial charge on any atom is -0.465 e. The van der Waals surface area contributed by atoms with Gasteiger partial charge in [-0.1, -0.05) is 12.1 Å². The monoisotopic (exact) mass is 220 g/mol. The quantitative estimate of drug-likeness (QED) is 0.697. The number of nitrogens with zero attached hydrogens (tertiary/aromatic N) is 1. The summed E-state index contributed by atoms with van der Waals surface area (Å²) < 4.78 is 0. The van der Waals surface area contributed by atoms with Crippen molar-refractivity contribution >= 4 is 6.09 Å². The van der Waals surface area contributed by atoms with Gasteiger partial charge in [0.1, 0.15) is 0 Å². The zero-order valence-corrected chi connectivity index (χ0v) is 8.55. The van der Waals surface area contributed by atoms with Gasteiger partial charge in [-0.05, 0) is 24.1 Å². The molecule has 84 valence electrons. The van der Waals surface area contributed by atoms with Crippen LogP contribution >= 0.6 is 0 Å². The lowest BCUT2D eigenvalue weighted by molar-refractivity contribution is 0.177. The van der Waals surface area contributed by atoms with E-state index in [1.165, 1.54) is 0 Å². The molecular weight excluding hydrogens is 208 g/mol. The van der Waals surface area contributed by atoms with E-state index in [9.17, 15) is 4.79 Å². The molecule has 5 nitrogen and oxygen atoms in total. The fraction of sp³-hybridized carbons (Fsp3) is 0.273. The minimum atomic E-state index is -1.17. The maximum absolute atomic E-state index is 10.4. The first kappa shape index (κ1) is 12.0. The third kappa shape index (κ3) is 3.59. The van der Waals surface area contributed by atoms with Crippen molar-refractivity contribution in [2.75, 3.05) is 6.61 Å². The van der Waals surface area contributed by atoms with Crippen LogP contribution in [0.3, 0.4) is 0 Å². The highest BCUT2D eigenvalue weighted by Gasteiger charge is 2.10. The number of carbonyl (C=O) groups is 1. The molecule has 3 N–H and O–H groups in total. The molecular formula is C11H12N2O3. The number of benzene rings is 1. The molecule has 0 aliphatic rings. The van der Waals surface area contributed by atoms with E-state index in [2.05, 4.69) is 5.32 Å². The number of rotatable bonds is 4. The van der Waals surface area contributed by atoms with Gasteiger partial charge in [0.25, 0.3) is 0 Å². The number of aliphatic hydroxyl groups excluding tert-OH is 1. The number of aliphatic hydroxyl groups is 1. The van der Waals surface area contributed by atoms with E-state index in [0.717, 1.165) is 5.56 Å². The Morgan fingerprint density at radius 1 is 1.56 bits per heavy atom. The fourth-order valence-corrected chi connectivity index (χ4v) is 1.39. The highest BCUT2D eigenvalue weighted by atomic mass is 16.4. The number of carboxylic acid groups (broad SMARTS) is 1. The van der Waals surface area contributed by atoms with Crippen LogP contribution in [-0.2, 0) is 6.42 Å². The van der Waals surface area contributed by atoms with Gasteiger partial charge in [-0.3, -0.25) is 0 Å². The molecule has 0 bridgehead atoms.